The number of carbonyl (C=O) groups is 1. The first-order valence-electron chi connectivity index (χ1n) is 6.06. The fourth-order valence-corrected chi connectivity index (χ4v) is 3.21. The van der Waals surface area contributed by atoms with Crippen LogP contribution in [0.5, 0.6) is 0 Å². The van der Waals surface area contributed by atoms with Crippen LogP contribution in [0.25, 0.3) is 0 Å². The van der Waals surface area contributed by atoms with E-state index in [1.165, 1.54) is 15.3 Å². The smallest absolute Gasteiger partial charge is 0.227 e. The van der Waals surface area contributed by atoms with Gasteiger partial charge in [0.15, 0.2) is 0 Å². The molecule has 1 aliphatic rings. The van der Waals surface area contributed by atoms with Crippen LogP contribution in [0.2, 0.25) is 0 Å². The van der Waals surface area contributed by atoms with E-state index in [1.54, 1.807) is 11.3 Å². The van der Waals surface area contributed by atoms with Gasteiger partial charge in [-0.2, -0.15) is 0 Å². The largest absolute Gasteiger partial charge is 0.349 e. The third-order valence-electron chi connectivity index (χ3n) is 3.62. The first-order valence-corrected chi connectivity index (χ1v) is 6.88. The van der Waals surface area contributed by atoms with Crippen molar-refractivity contribution in [3.05, 3.63) is 21.4 Å². The minimum absolute atomic E-state index is 0.0801. The van der Waals surface area contributed by atoms with Crippen molar-refractivity contribution in [2.45, 2.75) is 39.7 Å². The molecule has 0 radical (unpaired) electrons. The molecule has 1 amide bonds. The second-order valence-electron chi connectivity index (χ2n) is 5.05. The van der Waals surface area contributed by atoms with Gasteiger partial charge in [0.25, 0.3) is 0 Å². The maximum atomic E-state index is 12.1. The number of nitrogens with two attached hydrogens (primary N) is 1. The summed E-state index contributed by atoms with van der Waals surface area (Å²) in [7, 11) is 0. The molecule has 4 heteroatoms. The highest BCUT2D eigenvalue weighted by Gasteiger charge is 2.48. The Bertz CT molecular complexity index is 435. The molecular weight excluding hydrogens is 232 g/mol. The summed E-state index contributed by atoms with van der Waals surface area (Å²) in [6, 6.07) is 2.24. The fraction of sp³-hybridized carbons (Fsp3) is 0.615. The lowest BCUT2D eigenvalue weighted by Gasteiger charge is -2.18. The minimum atomic E-state index is -0.257. The Balaban J connectivity index is 2.04. The monoisotopic (exact) mass is 252 g/mol. The third kappa shape index (κ3) is 2.38. The Morgan fingerprint density at radius 3 is 2.65 bits per heavy atom. The minimum Gasteiger partial charge on any atom is -0.349 e. The van der Waals surface area contributed by atoms with Crippen molar-refractivity contribution in [2.75, 3.05) is 6.54 Å². The number of rotatable bonds is 4. The normalized spacial score (nSPS) is 18.8. The topological polar surface area (TPSA) is 55.1 Å². The molecule has 1 fully saturated rings. The Kier molecular flexibility index (Phi) is 3.27. The summed E-state index contributed by atoms with van der Waals surface area (Å²) in [5.74, 6) is 0.121. The van der Waals surface area contributed by atoms with Crippen LogP contribution in [0.3, 0.4) is 0 Å². The van der Waals surface area contributed by atoms with Crippen LogP contribution in [0.15, 0.2) is 6.07 Å². The molecule has 17 heavy (non-hydrogen) atoms. The van der Waals surface area contributed by atoms with Crippen LogP contribution in [-0.4, -0.2) is 12.5 Å². The predicted octanol–water partition coefficient (Wildman–Crippen LogP) is 2.28. The number of aryl methyl sites for hydroxylation is 2. The predicted molar refractivity (Wildman–Crippen MR) is 71.1 cm³/mol. The van der Waals surface area contributed by atoms with Crippen molar-refractivity contribution in [2.24, 2.45) is 11.1 Å². The van der Waals surface area contributed by atoms with Crippen molar-refractivity contribution in [3.63, 3.8) is 0 Å². The fourth-order valence-electron chi connectivity index (χ4n) is 2.18. The zero-order chi connectivity index (χ0) is 12.6. The number of nitrogens with one attached hydrogen (secondary N) is 1. The molecule has 1 aliphatic carbocycles. The van der Waals surface area contributed by atoms with Gasteiger partial charge in [0, 0.05) is 16.3 Å². The van der Waals surface area contributed by atoms with E-state index < -0.39 is 0 Å². The van der Waals surface area contributed by atoms with Crippen LogP contribution < -0.4 is 11.1 Å². The average molecular weight is 252 g/mol. The van der Waals surface area contributed by atoms with Gasteiger partial charge in [-0.25, -0.2) is 0 Å². The quantitative estimate of drug-likeness (QED) is 0.863. The highest BCUT2D eigenvalue weighted by molar-refractivity contribution is 7.12. The summed E-state index contributed by atoms with van der Waals surface area (Å²) < 4.78 is 0. The molecule has 2 rings (SSSR count). The van der Waals surface area contributed by atoms with Crippen molar-refractivity contribution < 1.29 is 4.79 Å². The van der Waals surface area contributed by atoms with Gasteiger partial charge in [-0.15, -0.1) is 11.3 Å². The van der Waals surface area contributed by atoms with Gasteiger partial charge < -0.3 is 11.1 Å². The van der Waals surface area contributed by atoms with E-state index >= 15 is 0 Å². The van der Waals surface area contributed by atoms with Crippen molar-refractivity contribution in [1.82, 2.24) is 5.32 Å². The Hall–Kier alpha value is -0.870. The second kappa shape index (κ2) is 4.42. The van der Waals surface area contributed by atoms with Gasteiger partial charge in [-0.05, 0) is 45.2 Å². The van der Waals surface area contributed by atoms with Crippen LogP contribution >= 0.6 is 11.3 Å². The molecule has 1 atom stereocenters. The first kappa shape index (κ1) is 12.6. The SMILES string of the molecule is Cc1cc(C(C)NC(=O)C2(CN)CC2)c(C)s1. The van der Waals surface area contributed by atoms with E-state index in [0.717, 1.165) is 12.8 Å². The maximum absolute atomic E-state index is 12.1. The van der Waals surface area contributed by atoms with E-state index in [4.69, 9.17) is 5.73 Å². The molecule has 0 aliphatic heterocycles. The molecule has 3 N–H and O–H groups in total. The molecule has 0 spiro atoms. The maximum Gasteiger partial charge on any atom is 0.227 e. The number of amides is 1. The molecule has 1 aromatic heterocycles. The lowest BCUT2D eigenvalue weighted by molar-refractivity contribution is -0.126. The Morgan fingerprint density at radius 2 is 2.24 bits per heavy atom. The van der Waals surface area contributed by atoms with Crippen LogP contribution in [0.4, 0.5) is 0 Å². The molecule has 0 saturated heterocycles. The second-order valence-corrected chi connectivity index (χ2v) is 6.51. The summed E-state index contributed by atoms with van der Waals surface area (Å²) in [4.78, 5) is 14.6. The molecule has 0 bridgehead atoms. The lowest BCUT2D eigenvalue weighted by Crippen LogP contribution is -2.37. The van der Waals surface area contributed by atoms with Gasteiger partial charge in [-0.1, -0.05) is 0 Å². The number of hydrogen-bond donors (Lipinski definition) is 2. The number of carbonyl (C=O) groups excluding carboxylic acids is 1. The van der Waals surface area contributed by atoms with Crippen molar-refractivity contribution in [1.29, 1.82) is 0 Å². The Labute approximate surface area is 106 Å². The van der Waals surface area contributed by atoms with Crippen LogP contribution in [0.1, 0.15) is 41.1 Å². The molecule has 0 aromatic carbocycles. The number of thiophene rings is 1. The molecule has 3 nitrogen and oxygen atoms in total. The van der Waals surface area contributed by atoms with Crippen LogP contribution in [-0.2, 0) is 4.79 Å². The van der Waals surface area contributed by atoms with E-state index in [-0.39, 0.29) is 17.4 Å². The van der Waals surface area contributed by atoms with Crippen LogP contribution in [0, 0.1) is 19.3 Å². The van der Waals surface area contributed by atoms with Gasteiger partial charge in [-0.3, -0.25) is 4.79 Å². The summed E-state index contributed by atoms with van der Waals surface area (Å²) in [5, 5.41) is 3.09. The molecule has 94 valence electrons. The zero-order valence-electron chi connectivity index (χ0n) is 10.7. The summed E-state index contributed by atoms with van der Waals surface area (Å²) in [6.07, 6.45) is 1.87. The molecular formula is C13H20N2OS. The van der Waals surface area contributed by atoms with Crippen molar-refractivity contribution in [3.8, 4) is 0 Å². The highest BCUT2D eigenvalue weighted by atomic mass is 32.1. The van der Waals surface area contributed by atoms with Crippen molar-refractivity contribution >= 4 is 17.2 Å². The third-order valence-corrected chi connectivity index (χ3v) is 4.60. The molecule has 1 saturated carbocycles. The first-order chi connectivity index (χ1) is 7.98. The molecule has 1 unspecified atom stereocenters. The standard InChI is InChI=1S/C13H20N2OS/c1-8-6-11(10(3)17-8)9(2)15-12(16)13(7-14)4-5-13/h6,9H,4-5,7,14H2,1-3H3,(H,15,16). The van der Waals surface area contributed by atoms with Gasteiger partial charge in [0.2, 0.25) is 5.91 Å². The van der Waals surface area contributed by atoms with Gasteiger partial charge in [0.1, 0.15) is 0 Å². The van der Waals surface area contributed by atoms with Gasteiger partial charge in [0.05, 0.1) is 11.5 Å². The lowest BCUT2D eigenvalue weighted by atomic mass is 10.0. The van der Waals surface area contributed by atoms with E-state index in [1.807, 2.05) is 6.92 Å². The van der Waals surface area contributed by atoms with E-state index in [0.29, 0.717) is 6.54 Å². The number of hydrogen-bond acceptors (Lipinski definition) is 3. The molecule has 1 aromatic rings. The van der Waals surface area contributed by atoms with E-state index in [9.17, 15) is 4.79 Å². The zero-order valence-corrected chi connectivity index (χ0v) is 11.5. The summed E-state index contributed by atoms with van der Waals surface area (Å²) in [5.41, 5.74) is 6.63. The highest BCUT2D eigenvalue weighted by Crippen LogP contribution is 2.45. The summed E-state index contributed by atoms with van der Waals surface area (Å²) in [6.45, 7) is 6.70. The summed E-state index contributed by atoms with van der Waals surface area (Å²) >= 11 is 1.78. The van der Waals surface area contributed by atoms with E-state index in [2.05, 4.69) is 25.2 Å². The average Bonchev–Trinajstić information content (AvgIpc) is 2.99. The van der Waals surface area contributed by atoms with Gasteiger partial charge >= 0.3 is 0 Å². The Morgan fingerprint density at radius 1 is 1.59 bits per heavy atom. The molecule has 1 heterocycles.